The molecule has 0 atom stereocenters. The largest absolute Gasteiger partial charge is 0.381 e. The van der Waals surface area contributed by atoms with Crippen molar-refractivity contribution in [2.24, 2.45) is 5.92 Å². The van der Waals surface area contributed by atoms with Crippen LogP contribution in [0.15, 0.2) is 4.52 Å². The van der Waals surface area contributed by atoms with Gasteiger partial charge in [0.15, 0.2) is 0 Å². The minimum absolute atomic E-state index is 0.414. The highest BCUT2D eigenvalue weighted by Crippen LogP contribution is 2.34. The lowest BCUT2D eigenvalue weighted by Gasteiger charge is -2.33. The van der Waals surface area contributed by atoms with Gasteiger partial charge in [0.05, 0.1) is 0 Å². The predicted octanol–water partition coefficient (Wildman–Crippen LogP) is 1.65. The molecule has 0 aromatic carbocycles. The van der Waals surface area contributed by atoms with Crippen molar-refractivity contribution in [2.45, 2.75) is 44.6 Å². The van der Waals surface area contributed by atoms with Crippen molar-refractivity contribution in [1.82, 2.24) is 15.5 Å². The third kappa shape index (κ3) is 3.44. The molecule has 1 aromatic heterocycles. The Bertz CT molecular complexity index is 432. The highest BCUT2D eigenvalue weighted by Gasteiger charge is 2.40. The van der Waals surface area contributed by atoms with Gasteiger partial charge in [0.1, 0.15) is 5.60 Å². The summed E-state index contributed by atoms with van der Waals surface area (Å²) in [6.07, 6.45) is 4.85. The van der Waals surface area contributed by atoms with Gasteiger partial charge in [0.25, 0.3) is 0 Å². The molecule has 2 aliphatic heterocycles. The maximum Gasteiger partial charge on any atom is 0.227 e. The summed E-state index contributed by atoms with van der Waals surface area (Å²) in [6, 6.07) is 0. The molecule has 2 aliphatic rings. The van der Waals surface area contributed by atoms with Crippen LogP contribution in [0, 0.1) is 5.92 Å². The van der Waals surface area contributed by atoms with E-state index in [2.05, 4.69) is 15.5 Å². The monoisotopic (exact) mass is 295 g/mol. The zero-order valence-electron chi connectivity index (χ0n) is 12.8. The fraction of sp³-hybridized carbons (Fsp3) is 0.867. The molecule has 118 valence electrons. The van der Waals surface area contributed by atoms with Crippen LogP contribution in [0.1, 0.15) is 44.3 Å². The molecule has 1 N–H and O–H groups in total. The van der Waals surface area contributed by atoms with Crippen LogP contribution in [0.4, 0.5) is 0 Å². The lowest BCUT2D eigenvalue weighted by Crippen LogP contribution is -2.37. The van der Waals surface area contributed by atoms with E-state index in [0.717, 1.165) is 38.2 Å². The molecule has 3 heterocycles. The van der Waals surface area contributed by atoms with Crippen LogP contribution in [0.2, 0.25) is 0 Å². The molecule has 6 heteroatoms. The normalized spacial score (nSPS) is 23.3. The van der Waals surface area contributed by atoms with E-state index in [4.69, 9.17) is 14.0 Å². The SMILES string of the molecule is CCOC1(c2noc(CC3CCNCC3)n2)CCOCC1. The summed E-state index contributed by atoms with van der Waals surface area (Å²) in [4.78, 5) is 4.64. The van der Waals surface area contributed by atoms with Gasteiger partial charge in [-0.1, -0.05) is 5.16 Å². The van der Waals surface area contributed by atoms with Gasteiger partial charge in [-0.2, -0.15) is 4.98 Å². The molecule has 0 unspecified atom stereocenters. The Hall–Kier alpha value is -0.980. The van der Waals surface area contributed by atoms with E-state index >= 15 is 0 Å². The second-order valence-corrected chi connectivity index (χ2v) is 5.95. The molecule has 0 bridgehead atoms. The van der Waals surface area contributed by atoms with E-state index in [-0.39, 0.29) is 0 Å². The van der Waals surface area contributed by atoms with E-state index in [1.54, 1.807) is 0 Å². The third-order valence-electron chi connectivity index (χ3n) is 4.52. The lowest BCUT2D eigenvalue weighted by atomic mass is 9.92. The molecule has 0 aliphatic carbocycles. The summed E-state index contributed by atoms with van der Waals surface area (Å²) >= 11 is 0. The topological polar surface area (TPSA) is 69.4 Å². The van der Waals surface area contributed by atoms with Crippen molar-refractivity contribution in [1.29, 1.82) is 0 Å². The van der Waals surface area contributed by atoms with Crippen molar-refractivity contribution in [3.05, 3.63) is 11.7 Å². The number of aromatic nitrogens is 2. The number of nitrogens with zero attached hydrogens (tertiary/aromatic N) is 2. The molecule has 6 nitrogen and oxygen atoms in total. The second-order valence-electron chi connectivity index (χ2n) is 5.95. The lowest BCUT2D eigenvalue weighted by molar-refractivity contribution is -0.118. The van der Waals surface area contributed by atoms with E-state index < -0.39 is 5.60 Å². The standard InChI is InChI=1S/C15H25N3O3/c1-2-20-15(5-9-19-10-6-15)14-17-13(21-18-14)11-12-3-7-16-8-4-12/h12,16H,2-11H2,1H3. The minimum atomic E-state index is -0.414. The average molecular weight is 295 g/mol. The molecular formula is C15H25N3O3. The molecule has 2 saturated heterocycles. The van der Waals surface area contributed by atoms with Crippen molar-refractivity contribution >= 4 is 0 Å². The first-order valence-electron chi connectivity index (χ1n) is 8.08. The average Bonchev–Trinajstić information content (AvgIpc) is 2.99. The van der Waals surface area contributed by atoms with Gasteiger partial charge in [0.2, 0.25) is 11.7 Å². The summed E-state index contributed by atoms with van der Waals surface area (Å²) in [6.45, 7) is 6.22. The zero-order valence-corrected chi connectivity index (χ0v) is 12.8. The van der Waals surface area contributed by atoms with Gasteiger partial charge < -0.3 is 19.3 Å². The fourth-order valence-electron chi connectivity index (χ4n) is 3.27. The summed E-state index contributed by atoms with van der Waals surface area (Å²) in [5.74, 6) is 2.11. The number of nitrogens with one attached hydrogen (secondary N) is 1. The number of hydrogen-bond donors (Lipinski definition) is 1. The maximum atomic E-state index is 5.98. The molecule has 0 radical (unpaired) electrons. The first kappa shape index (κ1) is 14.9. The Balaban J connectivity index is 1.69. The van der Waals surface area contributed by atoms with E-state index in [1.807, 2.05) is 6.92 Å². The zero-order chi connectivity index (χ0) is 14.5. The van der Waals surface area contributed by atoms with Gasteiger partial charge in [-0.05, 0) is 38.8 Å². The summed E-state index contributed by atoms with van der Waals surface area (Å²) < 4.78 is 16.9. The molecular weight excluding hydrogens is 270 g/mol. The number of hydrogen-bond acceptors (Lipinski definition) is 6. The maximum absolute atomic E-state index is 5.98. The van der Waals surface area contributed by atoms with Gasteiger partial charge in [-0.3, -0.25) is 0 Å². The Morgan fingerprint density at radius 1 is 1.29 bits per heavy atom. The molecule has 0 saturated carbocycles. The molecule has 2 fully saturated rings. The van der Waals surface area contributed by atoms with Crippen LogP contribution >= 0.6 is 0 Å². The van der Waals surface area contributed by atoms with Crippen LogP contribution in [0.25, 0.3) is 0 Å². The van der Waals surface area contributed by atoms with Gasteiger partial charge >= 0.3 is 0 Å². The Morgan fingerprint density at radius 2 is 2.05 bits per heavy atom. The summed E-state index contributed by atoms with van der Waals surface area (Å²) in [7, 11) is 0. The summed E-state index contributed by atoms with van der Waals surface area (Å²) in [5.41, 5.74) is -0.414. The fourth-order valence-corrected chi connectivity index (χ4v) is 3.27. The minimum Gasteiger partial charge on any atom is -0.381 e. The van der Waals surface area contributed by atoms with E-state index in [1.165, 1.54) is 12.8 Å². The first-order valence-corrected chi connectivity index (χ1v) is 8.08. The third-order valence-corrected chi connectivity index (χ3v) is 4.52. The van der Waals surface area contributed by atoms with Crippen LogP contribution in [0.5, 0.6) is 0 Å². The van der Waals surface area contributed by atoms with Crippen molar-refractivity contribution < 1.29 is 14.0 Å². The highest BCUT2D eigenvalue weighted by atomic mass is 16.5. The van der Waals surface area contributed by atoms with Crippen LogP contribution in [-0.4, -0.2) is 43.1 Å². The Labute approximate surface area is 125 Å². The van der Waals surface area contributed by atoms with Gasteiger partial charge in [-0.25, -0.2) is 0 Å². The number of ether oxygens (including phenoxy) is 2. The first-order chi connectivity index (χ1) is 10.3. The molecule has 3 rings (SSSR count). The predicted molar refractivity (Wildman–Crippen MR) is 77.0 cm³/mol. The van der Waals surface area contributed by atoms with Gasteiger partial charge in [0, 0.05) is 39.1 Å². The Morgan fingerprint density at radius 3 is 2.76 bits per heavy atom. The number of rotatable bonds is 5. The smallest absolute Gasteiger partial charge is 0.227 e. The molecule has 0 spiro atoms. The van der Waals surface area contributed by atoms with Gasteiger partial charge in [-0.15, -0.1) is 0 Å². The van der Waals surface area contributed by atoms with Crippen LogP contribution in [0.3, 0.4) is 0 Å². The van der Waals surface area contributed by atoms with E-state index in [9.17, 15) is 0 Å². The quantitative estimate of drug-likeness (QED) is 0.891. The van der Waals surface area contributed by atoms with Crippen LogP contribution < -0.4 is 5.32 Å². The van der Waals surface area contributed by atoms with Crippen LogP contribution in [-0.2, 0) is 21.5 Å². The van der Waals surface area contributed by atoms with E-state index in [0.29, 0.717) is 31.6 Å². The highest BCUT2D eigenvalue weighted by molar-refractivity contribution is 5.03. The Kier molecular flexibility index (Phi) is 4.87. The van der Waals surface area contributed by atoms with Crippen molar-refractivity contribution in [3.8, 4) is 0 Å². The van der Waals surface area contributed by atoms with Crippen molar-refractivity contribution in [2.75, 3.05) is 32.9 Å². The summed E-state index contributed by atoms with van der Waals surface area (Å²) in [5, 5.41) is 7.59. The van der Waals surface area contributed by atoms with Crippen molar-refractivity contribution in [3.63, 3.8) is 0 Å². The second kappa shape index (κ2) is 6.85. The molecule has 0 amide bonds. The molecule has 21 heavy (non-hydrogen) atoms. The number of piperidine rings is 1. The molecule has 1 aromatic rings.